The predicted octanol–water partition coefficient (Wildman–Crippen LogP) is 3.75. The molecule has 0 radical (unpaired) electrons. The molecular formula is C14H12ClNO2S. The first kappa shape index (κ1) is 13.6. The Hall–Kier alpha value is -1.78. The lowest BCUT2D eigenvalue weighted by molar-refractivity contribution is 0.609. The van der Waals surface area contributed by atoms with Gasteiger partial charge in [0.05, 0.1) is 5.41 Å². The summed E-state index contributed by atoms with van der Waals surface area (Å²) in [6, 6.07) is 15.6. The second-order valence-corrected chi connectivity index (χ2v) is 5.87. The second-order valence-electron chi connectivity index (χ2n) is 3.87. The van der Waals surface area contributed by atoms with Crippen LogP contribution < -0.4 is 4.72 Å². The van der Waals surface area contributed by atoms with Crippen LogP contribution in [0.1, 0.15) is 5.56 Å². The van der Waals surface area contributed by atoms with Gasteiger partial charge in [-0.2, -0.15) is 0 Å². The van der Waals surface area contributed by atoms with Gasteiger partial charge in [0.25, 0.3) is 10.0 Å². The molecule has 0 fully saturated rings. The van der Waals surface area contributed by atoms with Gasteiger partial charge in [0.1, 0.15) is 0 Å². The Bertz CT molecular complexity index is 664. The van der Waals surface area contributed by atoms with E-state index in [1.807, 2.05) is 6.07 Å². The topological polar surface area (TPSA) is 46.2 Å². The zero-order chi connectivity index (χ0) is 13.7. The molecule has 0 amide bonds. The highest BCUT2D eigenvalue weighted by atomic mass is 35.5. The fourth-order valence-electron chi connectivity index (χ4n) is 1.45. The van der Waals surface area contributed by atoms with Crippen LogP contribution in [0.2, 0.25) is 5.02 Å². The molecule has 0 aliphatic heterocycles. The molecule has 1 N–H and O–H groups in total. The van der Waals surface area contributed by atoms with Gasteiger partial charge >= 0.3 is 0 Å². The number of halogens is 1. The third-order valence-corrected chi connectivity index (χ3v) is 3.61. The number of hydrogen-bond acceptors (Lipinski definition) is 2. The van der Waals surface area contributed by atoms with Crippen molar-refractivity contribution in [3.05, 3.63) is 70.6 Å². The minimum absolute atomic E-state index is 0.531. The molecule has 0 saturated heterocycles. The average molecular weight is 294 g/mol. The van der Waals surface area contributed by atoms with Crippen molar-refractivity contribution in [2.75, 3.05) is 4.72 Å². The molecule has 0 bridgehead atoms. The maximum Gasteiger partial charge on any atom is 0.255 e. The Morgan fingerprint density at radius 2 is 1.58 bits per heavy atom. The van der Waals surface area contributed by atoms with Gasteiger partial charge in [-0.25, -0.2) is 8.42 Å². The SMILES string of the molecule is O=S(=O)(/C=C\c1ccc(Cl)cc1)Nc1ccccc1. The molecule has 0 atom stereocenters. The number of hydrogen-bond donors (Lipinski definition) is 1. The lowest BCUT2D eigenvalue weighted by Crippen LogP contribution is -2.08. The summed E-state index contributed by atoms with van der Waals surface area (Å²) < 4.78 is 26.1. The molecule has 0 aliphatic rings. The van der Waals surface area contributed by atoms with Crippen molar-refractivity contribution in [2.45, 2.75) is 0 Å². The number of benzene rings is 2. The van der Waals surface area contributed by atoms with Crippen molar-refractivity contribution in [3.63, 3.8) is 0 Å². The molecule has 3 nitrogen and oxygen atoms in total. The van der Waals surface area contributed by atoms with Crippen LogP contribution >= 0.6 is 11.6 Å². The summed E-state index contributed by atoms with van der Waals surface area (Å²) in [5.41, 5.74) is 1.30. The summed E-state index contributed by atoms with van der Waals surface area (Å²) in [6.45, 7) is 0. The third kappa shape index (κ3) is 4.43. The normalized spacial score (nSPS) is 11.6. The maximum atomic E-state index is 11.8. The van der Waals surface area contributed by atoms with E-state index in [1.54, 1.807) is 48.5 Å². The third-order valence-electron chi connectivity index (χ3n) is 2.34. The Labute approximate surface area is 117 Å². The highest BCUT2D eigenvalue weighted by molar-refractivity contribution is 7.95. The molecule has 2 rings (SSSR count). The van der Waals surface area contributed by atoms with Gasteiger partial charge in [-0.3, -0.25) is 4.72 Å². The summed E-state index contributed by atoms with van der Waals surface area (Å²) in [5, 5.41) is 1.74. The molecular weight excluding hydrogens is 282 g/mol. The first-order chi connectivity index (χ1) is 9.05. The van der Waals surface area contributed by atoms with Crippen LogP contribution in [0.3, 0.4) is 0 Å². The molecule has 0 aromatic heterocycles. The lowest BCUT2D eigenvalue weighted by Gasteiger charge is -2.03. The molecule has 0 aliphatic carbocycles. The summed E-state index contributed by atoms with van der Waals surface area (Å²) in [6.07, 6.45) is 1.52. The van der Waals surface area contributed by atoms with E-state index in [0.717, 1.165) is 11.0 Å². The molecule has 0 saturated carbocycles. The van der Waals surface area contributed by atoms with Crippen molar-refractivity contribution in [2.24, 2.45) is 0 Å². The quantitative estimate of drug-likeness (QED) is 0.933. The molecule has 0 unspecified atom stereocenters. The van der Waals surface area contributed by atoms with Crippen LogP contribution in [0.4, 0.5) is 5.69 Å². The van der Waals surface area contributed by atoms with Crippen molar-refractivity contribution in [1.82, 2.24) is 0 Å². The van der Waals surface area contributed by atoms with Crippen molar-refractivity contribution in [3.8, 4) is 0 Å². The molecule has 98 valence electrons. The first-order valence-electron chi connectivity index (χ1n) is 5.57. The van der Waals surface area contributed by atoms with Crippen LogP contribution in [-0.4, -0.2) is 8.42 Å². The van der Waals surface area contributed by atoms with E-state index in [-0.39, 0.29) is 0 Å². The van der Waals surface area contributed by atoms with E-state index < -0.39 is 10.0 Å². The highest BCUT2D eigenvalue weighted by Crippen LogP contribution is 2.13. The maximum absolute atomic E-state index is 11.8. The van der Waals surface area contributed by atoms with Crippen molar-refractivity contribution >= 4 is 33.4 Å². The van der Waals surface area contributed by atoms with Crippen molar-refractivity contribution in [1.29, 1.82) is 0 Å². The van der Waals surface area contributed by atoms with Gasteiger partial charge in [0.2, 0.25) is 0 Å². The summed E-state index contributed by atoms with van der Waals surface area (Å²) in [4.78, 5) is 0. The summed E-state index contributed by atoms with van der Waals surface area (Å²) in [5.74, 6) is 0. The Kier molecular flexibility index (Phi) is 4.24. The molecule has 2 aromatic rings. The highest BCUT2D eigenvalue weighted by Gasteiger charge is 2.04. The smallest absolute Gasteiger partial charge is 0.255 e. The van der Waals surface area contributed by atoms with E-state index in [4.69, 9.17) is 11.6 Å². The number of para-hydroxylation sites is 1. The molecule has 0 spiro atoms. The average Bonchev–Trinajstić information content (AvgIpc) is 2.39. The van der Waals surface area contributed by atoms with Gasteiger partial charge in [0, 0.05) is 10.7 Å². The van der Waals surface area contributed by atoms with Crippen LogP contribution in [-0.2, 0) is 10.0 Å². The van der Waals surface area contributed by atoms with E-state index in [1.165, 1.54) is 6.08 Å². The number of anilines is 1. The Balaban J connectivity index is 2.11. The van der Waals surface area contributed by atoms with Gasteiger partial charge in [-0.1, -0.05) is 41.9 Å². The standard InChI is InChI=1S/C14H12ClNO2S/c15-13-8-6-12(7-9-13)10-11-19(17,18)16-14-4-2-1-3-5-14/h1-11,16H/b11-10-. The Morgan fingerprint density at radius 3 is 2.21 bits per heavy atom. The van der Waals surface area contributed by atoms with Crippen LogP contribution in [0, 0.1) is 0 Å². The molecule has 19 heavy (non-hydrogen) atoms. The number of sulfonamides is 1. The lowest BCUT2D eigenvalue weighted by atomic mass is 10.2. The van der Waals surface area contributed by atoms with Gasteiger partial charge < -0.3 is 0 Å². The van der Waals surface area contributed by atoms with Crippen LogP contribution in [0.25, 0.3) is 6.08 Å². The minimum Gasteiger partial charge on any atom is -0.280 e. The minimum atomic E-state index is -3.51. The van der Waals surface area contributed by atoms with E-state index in [9.17, 15) is 8.42 Å². The fourth-order valence-corrected chi connectivity index (χ4v) is 2.44. The first-order valence-corrected chi connectivity index (χ1v) is 7.49. The largest absolute Gasteiger partial charge is 0.280 e. The zero-order valence-electron chi connectivity index (χ0n) is 9.95. The zero-order valence-corrected chi connectivity index (χ0v) is 11.5. The second kappa shape index (κ2) is 5.91. The molecule has 0 heterocycles. The van der Waals surface area contributed by atoms with Gasteiger partial charge in [-0.05, 0) is 35.9 Å². The summed E-state index contributed by atoms with van der Waals surface area (Å²) >= 11 is 5.75. The van der Waals surface area contributed by atoms with E-state index >= 15 is 0 Å². The molecule has 2 aromatic carbocycles. The predicted molar refractivity (Wildman–Crippen MR) is 79.5 cm³/mol. The monoisotopic (exact) mass is 293 g/mol. The van der Waals surface area contributed by atoms with E-state index in [2.05, 4.69) is 4.72 Å². The number of nitrogens with one attached hydrogen (secondary N) is 1. The number of rotatable bonds is 4. The Morgan fingerprint density at radius 1 is 0.947 bits per heavy atom. The van der Waals surface area contributed by atoms with Gasteiger partial charge in [-0.15, -0.1) is 0 Å². The van der Waals surface area contributed by atoms with Crippen LogP contribution in [0.5, 0.6) is 0 Å². The van der Waals surface area contributed by atoms with Crippen LogP contribution in [0.15, 0.2) is 60.0 Å². The van der Waals surface area contributed by atoms with Gasteiger partial charge in [0.15, 0.2) is 0 Å². The van der Waals surface area contributed by atoms with E-state index in [0.29, 0.717) is 10.7 Å². The fraction of sp³-hybridized carbons (Fsp3) is 0. The van der Waals surface area contributed by atoms with Crippen molar-refractivity contribution < 1.29 is 8.42 Å². The summed E-state index contributed by atoms with van der Waals surface area (Å²) in [7, 11) is -3.51. The molecule has 5 heteroatoms.